The Morgan fingerprint density at radius 2 is 1.92 bits per heavy atom. The number of thiol groups is 1. The number of hydrogen-bond donors (Lipinski definition) is 1. The van der Waals surface area contributed by atoms with Gasteiger partial charge in [0.25, 0.3) is 0 Å². The maximum atomic E-state index is 4.21. The highest BCUT2D eigenvalue weighted by atomic mass is 32.1. The Bertz CT molecular complexity index is 406. The molecular formula is C10H10N2S. The van der Waals surface area contributed by atoms with Crippen molar-refractivity contribution in [3.05, 3.63) is 42.4 Å². The van der Waals surface area contributed by atoms with Gasteiger partial charge in [-0.3, -0.25) is 0 Å². The van der Waals surface area contributed by atoms with Gasteiger partial charge >= 0.3 is 0 Å². The summed E-state index contributed by atoms with van der Waals surface area (Å²) in [4.78, 5) is 4.21. The molecule has 0 spiro atoms. The van der Waals surface area contributed by atoms with Crippen LogP contribution in [-0.2, 0) is 0 Å². The molecule has 1 heterocycles. The maximum Gasteiger partial charge on any atom is 0.112 e. The van der Waals surface area contributed by atoms with Gasteiger partial charge in [-0.1, -0.05) is 18.2 Å². The molecule has 66 valence electrons. The van der Waals surface area contributed by atoms with Crippen LogP contribution in [0.1, 0.15) is 5.82 Å². The third-order valence-electron chi connectivity index (χ3n) is 1.90. The van der Waals surface area contributed by atoms with Crippen molar-refractivity contribution < 1.29 is 0 Å². The third-order valence-corrected chi connectivity index (χ3v) is 2.12. The summed E-state index contributed by atoms with van der Waals surface area (Å²) >= 11 is 4.19. The molecule has 3 heteroatoms. The second-order valence-corrected chi connectivity index (χ2v) is 3.31. The molecule has 0 aliphatic carbocycles. The Morgan fingerprint density at radius 3 is 2.46 bits per heavy atom. The summed E-state index contributed by atoms with van der Waals surface area (Å²) in [6.07, 6.45) is 1.91. The van der Waals surface area contributed by atoms with Crippen LogP contribution in [0.2, 0.25) is 0 Å². The molecule has 0 atom stereocenters. The average Bonchev–Trinajstić information content (AvgIpc) is 2.47. The van der Waals surface area contributed by atoms with Crippen molar-refractivity contribution in [1.82, 2.24) is 9.55 Å². The van der Waals surface area contributed by atoms with E-state index in [4.69, 9.17) is 0 Å². The van der Waals surface area contributed by atoms with Crippen LogP contribution in [0.25, 0.3) is 5.69 Å². The minimum Gasteiger partial charge on any atom is -0.303 e. The highest BCUT2D eigenvalue weighted by molar-refractivity contribution is 7.80. The molecule has 0 aliphatic rings. The molecule has 1 aromatic carbocycles. The fourth-order valence-electron chi connectivity index (χ4n) is 1.31. The van der Waals surface area contributed by atoms with Crippen molar-refractivity contribution in [2.24, 2.45) is 0 Å². The molecule has 0 amide bonds. The molecule has 1 aromatic heterocycles. The summed E-state index contributed by atoms with van der Waals surface area (Å²) in [6.45, 7) is 1.96. The molecule has 2 aromatic rings. The van der Waals surface area contributed by atoms with Gasteiger partial charge in [-0.15, -0.1) is 12.6 Å². The summed E-state index contributed by atoms with van der Waals surface area (Å²) < 4.78 is 2.02. The predicted octanol–water partition coefficient (Wildman–Crippen LogP) is 2.47. The largest absolute Gasteiger partial charge is 0.303 e. The number of nitrogens with zero attached hydrogens (tertiary/aromatic N) is 2. The van der Waals surface area contributed by atoms with E-state index in [2.05, 4.69) is 17.6 Å². The van der Waals surface area contributed by atoms with E-state index in [1.54, 1.807) is 0 Å². The molecule has 0 saturated heterocycles. The van der Waals surface area contributed by atoms with Crippen molar-refractivity contribution in [2.45, 2.75) is 11.9 Å². The summed E-state index contributed by atoms with van der Waals surface area (Å²) in [7, 11) is 0. The number of rotatable bonds is 1. The van der Waals surface area contributed by atoms with Gasteiger partial charge in [0, 0.05) is 11.9 Å². The van der Waals surface area contributed by atoms with Gasteiger partial charge in [0.05, 0.1) is 0 Å². The van der Waals surface area contributed by atoms with E-state index in [-0.39, 0.29) is 0 Å². The lowest BCUT2D eigenvalue weighted by molar-refractivity contribution is 0.973. The van der Waals surface area contributed by atoms with Crippen molar-refractivity contribution in [2.75, 3.05) is 0 Å². The smallest absolute Gasteiger partial charge is 0.112 e. The van der Waals surface area contributed by atoms with E-state index >= 15 is 0 Å². The van der Waals surface area contributed by atoms with Gasteiger partial charge in [-0.05, 0) is 19.1 Å². The minimum atomic E-state index is 0.751. The van der Waals surface area contributed by atoms with Crippen LogP contribution in [0.5, 0.6) is 0 Å². The zero-order valence-electron chi connectivity index (χ0n) is 7.31. The Morgan fingerprint density at radius 1 is 1.23 bits per heavy atom. The fourth-order valence-corrected chi connectivity index (χ4v) is 1.57. The van der Waals surface area contributed by atoms with E-state index in [0.29, 0.717) is 0 Å². The summed E-state index contributed by atoms with van der Waals surface area (Å²) in [5.74, 6) is 0.955. The van der Waals surface area contributed by atoms with Gasteiger partial charge in [-0.2, -0.15) is 0 Å². The molecule has 13 heavy (non-hydrogen) atoms. The first kappa shape index (κ1) is 8.38. The van der Waals surface area contributed by atoms with Crippen molar-refractivity contribution in [1.29, 1.82) is 0 Å². The van der Waals surface area contributed by atoms with Crippen molar-refractivity contribution in [3.63, 3.8) is 0 Å². The van der Waals surface area contributed by atoms with E-state index in [1.165, 1.54) is 0 Å². The lowest BCUT2D eigenvalue weighted by Crippen LogP contribution is -1.93. The van der Waals surface area contributed by atoms with Gasteiger partial charge in [-0.25, -0.2) is 4.98 Å². The lowest BCUT2D eigenvalue weighted by Gasteiger charge is -2.02. The molecular weight excluding hydrogens is 180 g/mol. The minimum absolute atomic E-state index is 0.751. The number of hydrogen-bond acceptors (Lipinski definition) is 2. The van der Waals surface area contributed by atoms with Crippen LogP contribution in [0, 0.1) is 6.92 Å². The maximum absolute atomic E-state index is 4.21. The van der Waals surface area contributed by atoms with Crippen LogP contribution in [0.3, 0.4) is 0 Å². The Labute approximate surface area is 82.6 Å². The lowest BCUT2D eigenvalue weighted by atomic mass is 10.3. The molecule has 0 N–H and O–H groups in total. The number of imidazole rings is 1. The predicted molar refractivity (Wildman–Crippen MR) is 55.6 cm³/mol. The average molecular weight is 190 g/mol. The van der Waals surface area contributed by atoms with E-state index in [9.17, 15) is 0 Å². The first-order valence-corrected chi connectivity index (χ1v) is 4.52. The zero-order valence-corrected chi connectivity index (χ0v) is 8.20. The van der Waals surface area contributed by atoms with Gasteiger partial charge < -0.3 is 4.57 Å². The monoisotopic (exact) mass is 190 g/mol. The number of benzene rings is 1. The second-order valence-electron chi connectivity index (χ2n) is 2.85. The van der Waals surface area contributed by atoms with Gasteiger partial charge in [0.15, 0.2) is 0 Å². The molecule has 2 nitrogen and oxygen atoms in total. The standard InChI is InChI=1S/C10H10N2S/c1-8-11-10(13)7-12(8)9-5-3-2-4-6-9/h2-7,13H,1H3. The van der Waals surface area contributed by atoms with E-state index in [0.717, 1.165) is 16.5 Å². The van der Waals surface area contributed by atoms with E-state index < -0.39 is 0 Å². The van der Waals surface area contributed by atoms with Crippen LogP contribution < -0.4 is 0 Å². The highest BCUT2D eigenvalue weighted by Crippen LogP contribution is 2.13. The topological polar surface area (TPSA) is 17.8 Å². The van der Waals surface area contributed by atoms with Gasteiger partial charge in [0.1, 0.15) is 10.9 Å². The second kappa shape index (κ2) is 3.26. The normalized spacial score (nSPS) is 10.3. The molecule has 0 fully saturated rings. The molecule has 0 saturated carbocycles. The van der Waals surface area contributed by atoms with Crippen LogP contribution in [0.4, 0.5) is 0 Å². The van der Waals surface area contributed by atoms with E-state index in [1.807, 2.05) is 48.0 Å². The molecule has 2 rings (SSSR count). The van der Waals surface area contributed by atoms with Crippen LogP contribution in [-0.4, -0.2) is 9.55 Å². The Hall–Kier alpha value is -1.22. The molecule has 0 aliphatic heterocycles. The molecule has 0 unspecified atom stereocenters. The van der Waals surface area contributed by atoms with Crippen molar-refractivity contribution >= 4 is 12.6 Å². The third kappa shape index (κ3) is 1.60. The first-order chi connectivity index (χ1) is 6.27. The Kier molecular flexibility index (Phi) is 2.10. The quantitative estimate of drug-likeness (QED) is 0.684. The zero-order chi connectivity index (χ0) is 9.26. The number of aryl methyl sites for hydroxylation is 1. The van der Waals surface area contributed by atoms with Crippen LogP contribution >= 0.6 is 12.6 Å². The fraction of sp³-hybridized carbons (Fsp3) is 0.100. The molecule has 0 bridgehead atoms. The summed E-state index contributed by atoms with van der Waals surface area (Å²) in [5, 5.41) is 0.751. The molecule has 0 radical (unpaired) electrons. The van der Waals surface area contributed by atoms with Gasteiger partial charge in [0.2, 0.25) is 0 Å². The first-order valence-electron chi connectivity index (χ1n) is 4.08. The Balaban J connectivity index is 2.53. The summed E-state index contributed by atoms with van der Waals surface area (Å²) in [5.41, 5.74) is 1.12. The summed E-state index contributed by atoms with van der Waals surface area (Å²) in [6, 6.07) is 10.1. The number of para-hydroxylation sites is 1. The number of aromatic nitrogens is 2. The van der Waals surface area contributed by atoms with Crippen molar-refractivity contribution in [3.8, 4) is 5.69 Å². The van der Waals surface area contributed by atoms with Crippen LogP contribution in [0.15, 0.2) is 41.6 Å². The highest BCUT2D eigenvalue weighted by Gasteiger charge is 2.01. The SMILES string of the molecule is Cc1nc(S)cn1-c1ccccc1.